The Hall–Kier alpha value is -2.66. The largest absolute Gasteiger partial charge is 0.466 e. The Morgan fingerprint density at radius 1 is 1.08 bits per heavy atom. The molecular formula is C20H19NO3S. The number of hydrogen-bond acceptors (Lipinski definition) is 4. The van der Waals surface area contributed by atoms with Crippen molar-refractivity contribution >= 4 is 39.0 Å². The van der Waals surface area contributed by atoms with E-state index in [9.17, 15) is 9.59 Å². The van der Waals surface area contributed by atoms with Crippen molar-refractivity contribution < 1.29 is 14.3 Å². The Bertz CT molecular complexity index is 886. The highest BCUT2D eigenvalue weighted by atomic mass is 32.1. The van der Waals surface area contributed by atoms with Gasteiger partial charge in [0, 0.05) is 20.8 Å². The van der Waals surface area contributed by atoms with E-state index in [1.165, 1.54) is 0 Å². The fraction of sp³-hybridized carbons (Fsp3) is 0.200. The van der Waals surface area contributed by atoms with Crippen molar-refractivity contribution in [3.05, 3.63) is 65.0 Å². The van der Waals surface area contributed by atoms with E-state index in [2.05, 4.69) is 11.4 Å². The molecule has 0 atom stereocenters. The molecule has 2 aromatic carbocycles. The molecule has 1 heterocycles. The Morgan fingerprint density at radius 3 is 2.64 bits per heavy atom. The molecular weight excluding hydrogens is 334 g/mol. The Morgan fingerprint density at radius 2 is 1.88 bits per heavy atom. The molecule has 1 N–H and O–H groups in total. The first kappa shape index (κ1) is 17.2. The maximum absolute atomic E-state index is 12.2. The van der Waals surface area contributed by atoms with Gasteiger partial charge in [0.25, 0.3) is 5.91 Å². The summed E-state index contributed by atoms with van der Waals surface area (Å²) in [6, 6.07) is 17.0. The van der Waals surface area contributed by atoms with Crippen LogP contribution in [0.15, 0.2) is 54.6 Å². The number of anilines is 1. The molecule has 1 aromatic heterocycles. The number of hydrogen-bond donors (Lipinski definition) is 1. The van der Waals surface area contributed by atoms with Crippen LogP contribution < -0.4 is 5.32 Å². The van der Waals surface area contributed by atoms with Crippen LogP contribution in [0.2, 0.25) is 0 Å². The van der Waals surface area contributed by atoms with Crippen LogP contribution in [-0.4, -0.2) is 18.5 Å². The van der Waals surface area contributed by atoms with Gasteiger partial charge in [-0.15, -0.1) is 11.3 Å². The molecule has 0 radical (unpaired) electrons. The molecule has 128 valence electrons. The maximum Gasteiger partial charge on any atom is 0.306 e. The number of nitrogens with one attached hydrogen (secondary N) is 1. The molecule has 1 amide bonds. The minimum atomic E-state index is -0.171. The number of aryl methyl sites for hydroxylation is 1. The molecule has 0 saturated heterocycles. The highest BCUT2D eigenvalue weighted by Crippen LogP contribution is 2.29. The van der Waals surface area contributed by atoms with Crippen LogP contribution in [0.1, 0.15) is 28.6 Å². The Labute approximate surface area is 150 Å². The molecule has 3 aromatic rings. The highest BCUT2D eigenvalue weighted by Gasteiger charge is 2.09. The number of benzene rings is 2. The number of amides is 1. The van der Waals surface area contributed by atoms with Gasteiger partial charge in [-0.1, -0.05) is 18.2 Å². The summed E-state index contributed by atoms with van der Waals surface area (Å²) in [7, 11) is 0. The standard InChI is InChI=1S/C20H19NO3S/c1-2-24-19(22)11-9-17-13-15-12-16(8-10-18(15)25-17)21-20(23)14-6-4-3-5-7-14/h3-8,10,12-13H,2,9,11H2,1H3,(H,21,23). The van der Waals surface area contributed by atoms with Gasteiger partial charge in [0.05, 0.1) is 13.0 Å². The smallest absolute Gasteiger partial charge is 0.306 e. The summed E-state index contributed by atoms with van der Waals surface area (Å²) in [6.45, 7) is 2.22. The molecule has 5 heteroatoms. The first-order valence-corrected chi connectivity index (χ1v) is 9.02. The van der Waals surface area contributed by atoms with E-state index in [0.29, 0.717) is 25.0 Å². The van der Waals surface area contributed by atoms with Gasteiger partial charge in [-0.25, -0.2) is 0 Å². The van der Waals surface area contributed by atoms with E-state index in [1.54, 1.807) is 23.5 Å². The van der Waals surface area contributed by atoms with Gasteiger partial charge in [0.2, 0.25) is 0 Å². The lowest BCUT2D eigenvalue weighted by Gasteiger charge is -2.05. The fourth-order valence-corrected chi connectivity index (χ4v) is 3.59. The fourth-order valence-electron chi connectivity index (χ4n) is 2.55. The first-order chi connectivity index (χ1) is 12.2. The van der Waals surface area contributed by atoms with Crippen LogP contribution in [-0.2, 0) is 16.0 Å². The zero-order valence-electron chi connectivity index (χ0n) is 14.0. The number of carbonyl (C=O) groups is 2. The van der Waals surface area contributed by atoms with Crippen molar-refractivity contribution in [3.63, 3.8) is 0 Å². The molecule has 0 unspecified atom stereocenters. The molecule has 3 rings (SSSR count). The molecule has 0 spiro atoms. The SMILES string of the molecule is CCOC(=O)CCc1cc2cc(NC(=O)c3ccccc3)ccc2s1. The minimum Gasteiger partial charge on any atom is -0.466 e. The van der Waals surface area contributed by atoms with Crippen molar-refractivity contribution in [3.8, 4) is 0 Å². The second-order valence-electron chi connectivity index (χ2n) is 5.59. The van der Waals surface area contributed by atoms with Crippen LogP contribution in [0, 0.1) is 0 Å². The van der Waals surface area contributed by atoms with E-state index < -0.39 is 0 Å². The minimum absolute atomic E-state index is 0.127. The summed E-state index contributed by atoms with van der Waals surface area (Å²) < 4.78 is 6.10. The Kier molecular flexibility index (Phi) is 5.46. The Balaban J connectivity index is 1.70. The van der Waals surface area contributed by atoms with Gasteiger partial charge in [-0.3, -0.25) is 9.59 Å². The number of fused-ring (bicyclic) bond motifs is 1. The average Bonchev–Trinajstić information content (AvgIpc) is 3.03. The number of thiophene rings is 1. The second-order valence-corrected chi connectivity index (χ2v) is 6.76. The third-order valence-corrected chi connectivity index (χ3v) is 4.92. The summed E-state index contributed by atoms with van der Waals surface area (Å²) in [5, 5.41) is 3.98. The maximum atomic E-state index is 12.2. The molecule has 0 aliphatic heterocycles. The summed E-state index contributed by atoms with van der Waals surface area (Å²) in [5.41, 5.74) is 1.39. The second kappa shape index (κ2) is 7.94. The number of rotatable bonds is 6. The lowest BCUT2D eigenvalue weighted by molar-refractivity contribution is -0.143. The van der Waals surface area contributed by atoms with Crippen LogP contribution in [0.3, 0.4) is 0 Å². The zero-order valence-corrected chi connectivity index (χ0v) is 14.8. The normalized spacial score (nSPS) is 10.6. The molecule has 4 nitrogen and oxygen atoms in total. The number of carbonyl (C=O) groups excluding carboxylic acids is 2. The quantitative estimate of drug-likeness (QED) is 0.656. The topological polar surface area (TPSA) is 55.4 Å². The lowest BCUT2D eigenvalue weighted by atomic mass is 10.2. The van der Waals surface area contributed by atoms with Gasteiger partial charge in [-0.05, 0) is 55.1 Å². The molecule has 0 aliphatic carbocycles. The van der Waals surface area contributed by atoms with Crippen LogP contribution in [0.4, 0.5) is 5.69 Å². The molecule has 0 aliphatic rings. The van der Waals surface area contributed by atoms with E-state index in [-0.39, 0.29) is 11.9 Å². The molecule has 0 fully saturated rings. The van der Waals surface area contributed by atoms with E-state index in [0.717, 1.165) is 20.7 Å². The lowest BCUT2D eigenvalue weighted by Crippen LogP contribution is -2.11. The van der Waals surface area contributed by atoms with Crippen LogP contribution in [0.5, 0.6) is 0 Å². The van der Waals surface area contributed by atoms with Crippen molar-refractivity contribution in [2.24, 2.45) is 0 Å². The summed E-state index contributed by atoms with van der Waals surface area (Å²) in [4.78, 5) is 24.8. The van der Waals surface area contributed by atoms with Gasteiger partial charge in [0.15, 0.2) is 0 Å². The van der Waals surface area contributed by atoms with Crippen molar-refractivity contribution in [1.82, 2.24) is 0 Å². The molecule has 0 saturated carbocycles. The predicted octanol–water partition coefficient (Wildman–Crippen LogP) is 4.65. The monoisotopic (exact) mass is 353 g/mol. The van der Waals surface area contributed by atoms with Gasteiger partial charge in [0.1, 0.15) is 0 Å². The third-order valence-electron chi connectivity index (χ3n) is 3.74. The molecule has 0 bridgehead atoms. The zero-order chi connectivity index (χ0) is 17.6. The van der Waals surface area contributed by atoms with Crippen LogP contribution in [0.25, 0.3) is 10.1 Å². The number of ether oxygens (including phenoxy) is 1. The summed E-state index contributed by atoms with van der Waals surface area (Å²) in [5.74, 6) is -0.298. The third kappa shape index (κ3) is 4.45. The number of esters is 1. The first-order valence-electron chi connectivity index (χ1n) is 8.20. The van der Waals surface area contributed by atoms with E-state index >= 15 is 0 Å². The van der Waals surface area contributed by atoms with Gasteiger partial charge < -0.3 is 10.1 Å². The van der Waals surface area contributed by atoms with E-state index in [4.69, 9.17) is 4.74 Å². The summed E-state index contributed by atoms with van der Waals surface area (Å²) in [6.07, 6.45) is 1.06. The summed E-state index contributed by atoms with van der Waals surface area (Å²) >= 11 is 1.66. The van der Waals surface area contributed by atoms with E-state index in [1.807, 2.05) is 43.3 Å². The highest BCUT2D eigenvalue weighted by molar-refractivity contribution is 7.19. The van der Waals surface area contributed by atoms with Gasteiger partial charge >= 0.3 is 5.97 Å². The predicted molar refractivity (Wildman–Crippen MR) is 101 cm³/mol. The van der Waals surface area contributed by atoms with Crippen molar-refractivity contribution in [2.45, 2.75) is 19.8 Å². The van der Waals surface area contributed by atoms with Crippen molar-refractivity contribution in [1.29, 1.82) is 0 Å². The van der Waals surface area contributed by atoms with Crippen molar-refractivity contribution in [2.75, 3.05) is 11.9 Å². The van der Waals surface area contributed by atoms with Crippen LogP contribution >= 0.6 is 11.3 Å². The van der Waals surface area contributed by atoms with Gasteiger partial charge in [-0.2, -0.15) is 0 Å². The molecule has 25 heavy (non-hydrogen) atoms. The average molecular weight is 353 g/mol.